The molecule has 0 fully saturated rings. The van der Waals surface area contributed by atoms with E-state index >= 15 is 0 Å². The second kappa shape index (κ2) is 14.9. The van der Waals surface area contributed by atoms with Gasteiger partial charge in [0.2, 0.25) is 0 Å². The molecular weight excluding hydrogens is 524 g/mol. The molecule has 0 aliphatic rings. The van der Waals surface area contributed by atoms with Gasteiger partial charge in [0, 0.05) is 24.5 Å². The SMILES string of the molecule is CCC(Oc1ccccc1C)C(=O)N(CCN(C(=O)C(CC)Oc1ccccc1C)c1ccccc1)c1ccccc1. The first-order chi connectivity index (χ1) is 20.4. The molecule has 2 atom stereocenters. The minimum Gasteiger partial charge on any atom is -0.480 e. The number of hydrogen-bond donors (Lipinski definition) is 0. The molecule has 0 radical (unpaired) electrons. The number of nitrogens with zero attached hydrogens (tertiary/aromatic N) is 2. The van der Waals surface area contributed by atoms with Crippen LogP contribution in [0.2, 0.25) is 0 Å². The van der Waals surface area contributed by atoms with Crippen LogP contribution in [0.15, 0.2) is 109 Å². The summed E-state index contributed by atoms with van der Waals surface area (Å²) < 4.78 is 12.5. The molecule has 0 aliphatic carbocycles. The lowest BCUT2D eigenvalue weighted by atomic mass is 10.1. The number of aryl methyl sites for hydroxylation is 2. The molecule has 4 aromatic carbocycles. The Balaban J connectivity index is 1.61. The standard InChI is InChI=1S/C36H40N2O4/c1-5-31(41-33-23-15-13-17-27(33)3)35(39)37(29-19-9-7-10-20-29)25-26-38(30-21-11-8-12-22-30)36(40)32(6-2)42-34-24-16-14-18-28(34)4/h7-24,31-32H,5-6,25-26H2,1-4H3. The first-order valence-corrected chi connectivity index (χ1v) is 14.6. The van der Waals surface area contributed by atoms with Crippen LogP contribution in [-0.2, 0) is 9.59 Å². The van der Waals surface area contributed by atoms with Gasteiger partial charge in [0.15, 0.2) is 12.2 Å². The first kappa shape index (κ1) is 30.4. The Morgan fingerprint density at radius 3 is 1.21 bits per heavy atom. The summed E-state index contributed by atoms with van der Waals surface area (Å²) in [6, 6.07) is 34.5. The topological polar surface area (TPSA) is 59.1 Å². The summed E-state index contributed by atoms with van der Waals surface area (Å²) in [4.78, 5) is 31.5. The van der Waals surface area contributed by atoms with Gasteiger partial charge in [-0.05, 0) is 74.2 Å². The molecule has 0 aromatic heterocycles. The van der Waals surface area contributed by atoms with E-state index in [1.165, 1.54) is 0 Å². The molecule has 0 aliphatic heterocycles. The number of amides is 2. The average molecular weight is 565 g/mol. The highest BCUT2D eigenvalue weighted by Gasteiger charge is 2.30. The van der Waals surface area contributed by atoms with Gasteiger partial charge >= 0.3 is 0 Å². The Morgan fingerprint density at radius 2 is 0.881 bits per heavy atom. The van der Waals surface area contributed by atoms with Gasteiger partial charge in [0.1, 0.15) is 11.5 Å². The molecule has 218 valence electrons. The fraction of sp³-hybridized carbons (Fsp3) is 0.278. The Bertz CT molecular complexity index is 1330. The van der Waals surface area contributed by atoms with Crippen molar-refractivity contribution < 1.29 is 19.1 Å². The van der Waals surface area contributed by atoms with Crippen molar-refractivity contribution in [1.82, 2.24) is 0 Å². The second-order valence-corrected chi connectivity index (χ2v) is 10.2. The summed E-state index contributed by atoms with van der Waals surface area (Å²) in [5, 5.41) is 0. The Hall–Kier alpha value is -4.58. The van der Waals surface area contributed by atoms with E-state index in [2.05, 4.69) is 0 Å². The van der Waals surface area contributed by atoms with Gasteiger partial charge in [-0.15, -0.1) is 0 Å². The fourth-order valence-corrected chi connectivity index (χ4v) is 4.80. The van der Waals surface area contributed by atoms with Crippen molar-refractivity contribution in [3.05, 3.63) is 120 Å². The van der Waals surface area contributed by atoms with Crippen molar-refractivity contribution >= 4 is 23.2 Å². The van der Waals surface area contributed by atoms with Crippen LogP contribution in [0.3, 0.4) is 0 Å². The summed E-state index contributed by atoms with van der Waals surface area (Å²) >= 11 is 0. The minimum atomic E-state index is -0.681. The molecule has 6 heteroatoms. The van der Waals surface area contributed by atoms with Gasteiger partial charge in [0.05, 0.1) is 0 Å². The van der Waals surface area contributed by atoms with Gasteiger partial charge < -0.3 is 19.3 Å². The van der Waals surface area contributed by atoms with Gasteiger partial charge in [-0.3, -0.25) is 9.59 Å². The summed E-state index contributed by atoms with van der Waals surface area (Å²) in [6.07, 6.45) is -0.361. The smallest absolute Gasteiger partial charge is 0.268 e. The third-order valence-corrected chi connectivity index (χ3v) is 7.23. The van der Waals surface area contributed by atoms with Crippen molar-refractivity contribution in [1.29, 1.82) is 0 Å². The summed E-state index contributed by atoms with van der Waals surface area (Å²) in [7, 11) is 0. The van der Waals surface area contributed by atoms with Crippen LogP contribution < -0.4 is 19.3 Å². The van der Waals surface area contributed by atoms with Crippen LogP contribution in [0.4, 0.5) is 11.4 Å². The zero-order valence-corrected chi connectivity index (χ0v) is 24.9. The van der Waals surface area contributed by atoms with E-state index in [9.17, 15) is 9.59 Å². The van der Waals surface area contributed by atoms with E-state index in [-0.39, 0.29) is 24.9 Å². The lowest BCUT2D eigenvalue weighted by Crippen LogP contribution is -2.49. The van der Waals surface area contributed by atoms with Crippen molar-refractivity contribution in [2.75, 3.05) is 22.9 Å². The molecule has 0 saturated carbocycles. The van der Waals surface area contributed by atoms with Gasteiger partial charge in [0.25, 0.3) is 11.8 Å². The fourth-order valence-electron chi connectivity index (χ4n) is 4.80. The molecular formula is C36H40N2O4. The highest BCUT2D eigenvalue weighted by atomic mass is 16.5. The molecule has 2 amide bonds. The van der Waals surface area contributed by atoms with Crippen LogP contribution in [0, 0.1) is 13.8 Å². The van der Waals surface area contributed by atoms with Crippen molar-refractivity contribution in [3.63, 3.8) is 0 Å². The van der Waals surface area contributed by atoms with Gasteiger partial charge in [-0.2, -0.15) is 0 Å². The molecule has 0 saturated heterocycles. The van der Waals surface area contributed by atoms with E-state index in [0.717, 1.165) is 22.5 Å². The predicted molar refractivity (Wildman–Crippen MR) is 169 cm³/mol. The number of rotatable bonds is 13. The zero-order chi connectivity index (χ0) is 29.9. The van der Waals surface area contributed by atoms with Crippen LogP contribution >= 0.6 is 0 Å². The van der Waals surface area contributed by atoms with Crippen molar-refractivity contribution in [2.45, 2.75) is 52.7 Å². The molecule has 0 N–H and O–H groups in total. The molecule has 6 nitrogen and oxygen atoms in total. The predicted octanol–water partition coefficient (Wildman–Crippen LogP) is 7.38. The van der Waals surface area contributed by atoms with E-state index in [1.54, 1.807) is 9.80 Å². The summed E-state index contributed by atoms with van der Waals surface area (Å²) in [5.41, 5.74) is 3.43. The van der Waals surface area contributed by atoms with Crippen molar-refractivity contribution in [2.24, 2.45) is 0 Å². The largest absolute Gasteiger partial charge is 0.480 e. The highest BCUT2D eigenvalue weighted by molar-refractivity contribution is 5.99. The number of para-hydroxylation sites is 4. The monoisotopic (exact) mass is 564 g/mol. The summed E-state index contributed by atoms with van der Waals surface area (Å²) in [5.74, 6) is 1.06. The molecule has 42 heavy (non-hydrogen) atoms. The molecule has 4 aromatic rings. The normalized spacial score (nSPS) is 12.2. The maximum atomic E-state index is 14.1. The number of carbonyl (C=O) groups excluding carboxylic acids is 2. The van der Waals surface area contributed by atoms with Crippen LogP contribution in [0.5, 0.6) is 11.5 Å². The number of anilines is 2. The second-order valence-electron chi connectivity index (χ2n) is 10.2. The van der Waals surface area contributed by atoms with E-state index in [1.807, 2.05) is 137 Å². The zero-order valence-electron chi connectivity index (χ0n) is 24.9. The Kier molecular flexibility index (Phi) is 10.8. The third kappa shape index (κ3) is 7.58. The van der Waals surface area contributed by atoms with E-state index < -0.39 is 12.2 Å². The van der Waals surface area contributed by atoms with Gasteiger partial charge in [-0.25, -0.2) is 0 Å². The molecule has 4 rings (SSSR count). The number of carbonyl (C=O) groups is 2. The highest BCUT2D eigenvalue weighted by Crippen LogP contribution is 2.25. The van der Waals surface area contributed by atoms with Crippen LogP contribution in [0.1, 0.15) is 37.8 Å². The lowest BCUT2D eigenvalue weighted by Gasteiger charge is -2.32. The Morgan fingerprint density at radius 1 is 0.548 bits per heavy atom. The summed E-state index contributed by atoms with van der Waals surface area (Å²) in [6.45, 7) is 8.37. The van der Waals surface area contributed by atoms with Crippen LogP contribution in [0.25, 0.3) is 0 Å². The van der Waals surface area contributed by atoms with Gasteiger partial charge in [-0.1, -0.05) is 86.6 Å². The molecule has 0 spiro atoms. The quantitative estimate of drug-likeness (QED) is 0.170. The first-order valence-electron chi connectivity index (χ1n) is 14.6. The maximum Gasteiger partial charge on any atom is 0.268 e. The lowest BCUT2D eigenvalue weighted by molar-refractivity contribution is -0.126. The minimum absolute atomic E-state index is 0.157. The third-order valence-electron chi connectivity index (χ3n) is 7.23. The van der Waals surface area contributed by atoms with Crippen molar-refractivity contribution in [3.8, 4) is 11.5 Å². The number of ether oxygens (including phenoxy) is 2. The number of hydrogen-bond acceptors (Lipinski definition) is 4. The average Bonchev–Trinajstić information content (AvgIpc) is 3.02. The molecule has 2 unspecified atom stereocenters. The maximum absolute atomic E-state index is 14.1. The molecule has 0 bridgehead atoms. The van der Waals surface area contributed by atoms with E-state index in [0.29, 0.717) is 24.3 Å². The Labute approximate surface area is 249 Å². The van der Waals surface area contributed by atoms with Crippen LogP contribution in [-0.4, -0.2) is 37.1 Å². The van der Waals surface area contributed by atoms with E-state index in [4.69, 9.17) is 9.47 Å². The molecule has 0 heterocycles. The number of benzene rings is 4.